The summed E-state index contributed by atoms with van der Waals surface area (Å²) < 4.78 is 1.44. The molecule has 0 aliphatic rings. The minimum Gasteiger partial charge on any atom is -0.223 e. The van der Waals surface area contributed by atoms with Crippen LogP contribution in [0.2, 0.25) is 5.28 Å². The molecule has 106 valence electrons. The molecular weight excluding hydrogens is 308 g/mol. The average molecular weight is 319 g/mol. The van der Waals surface area contributed by atoms with Gasteiger partial charge in [-0.3, -0.25) is 0 Å². The topological polar surface area (TPSA) is 69.4 Å². The zero-order valence-electron chi connectivity index (χ0n) is 11.4. The third kappa shape index (κ3) is 3.20. The molecule has 0 amide bonds. The van der Waals surface area contributed by atoms with Gasteiger partial charge in [-0.15, -0.1) is 0 Å². The van der Waals surface area contributed by atoms with Crippen molar-refractivity contribution in [3.8, 4) is 5.95 Å². The van der Waals surface area contributed by atoms with Crippen LogP contribution in [0.1, 0.15) is 11.1 Å². The second-order valence-corrected chi connectivity index (χ2v) is 5.75. The van der Waals surface area contributed by atoms with Crippen LogP contribution in [-0.4, -0.2) is 29.7 Å². The Morgan fingerprint density at radius 1 is 1.14 bits per heavy atom. The van der Waals surface area contributed by atoms with Crippen LogP contribution in [0.25, 0.3) is 5.95 Å². The Labute approximate surface area is 130 Å². The highest BCUT2D eigenvalue weighted by Gasteiger charge is 2.10. The van der Waals surface area contributed by atoms with Gasteiger partial charge in [0, 0.05) is 4.90 Å². The maximum absolute atomic E-state index is 5.96. The van der Waals surface area contributed by atoms with Crippen molar-refractivity contribution in [3.05, 3.63) is 47.3 Å². The van der Waals surface area contributed by atoms with E-state index in [0.717, 1.165) is 4.90 Å². The molecule has 6 nitrogen and oxygen atoms in total. The second-order valence-electron chi connectivity index (χ2n) is 4.40. The zero-order chi connectivity index (χ0) is 14.8. The Hall–Kier alpha value is -1.99. The van der Waals surface area contributed by atoms with Crippen molar-refractivity contribution in [3.63, 3.8) is 0 Å². The molecule has 0 unspecified atom stereocenters. The molecule has 0 saturated heterocycles. The van der Waals surface area contributed by atoms with E-state index < -0.39 is 0 Å². The van der Waals surface area contributed by atoms with Crippen molar-refractivity contribution < 1.29 is 0 Å². The van der Waals surface area contributed by atoms with Gasteiger partial charge in [0.2, 0.25) is 5.28 Å². The lowest BCUT2D eigenvalue weighted by Gasteiger charge is -2.06. The van der Waals surface area contributed by atoms with Crippen LogP contribution in [0.5, 0.6) is 0 Å². The van der Waals surface area contributed by atoms with Gasteiger partial charge in [-0.05, 0) is 48.8 Å². The number of aryl methyl sites for hydroxylation is 2. The minimum absolute atomic E-state index is 0.128. The van der Waals surface area contributed by atoms with Crippen LogP contribution >= 0.6 is 23.4 Å². The fourth-order valence-electron chi connectivity index (χ4n) is 1.79. The van der Waals surface area contributed by atoms with E-state index in [1.807, 2.05) is 6.07 Å². The molecule has 0 bridgehead atoms. The summed E-state index contributed by atoms with van der Waals surface area (Å²) in [5, 5.41) is 4.64. The van der Waals surface area contributed by atoms with E-state index >= 15 is 0 Å². The largest absolute Gasteiger partial charge is 0.257 e. The van der Waals surface area contributed by atoms with Crippen molar-refractivity contribution in [1.82, 2.24) is 29.7 Å². The maximum Gasteiger partial charge on any atom is 0.257 e. The predicted molar refractivity (Wildman–Crippen MR) is 79.8 cm³/mol. The van der Waals surface area contributed by atoms with E-state index in [4.69, 9.17) is 11.6 Å². The van der Waals surface area contributed by atoms with Crippen molar-refractivity contribution in [1.29, 1.82) is 0 Å². The van der Waals surface area contributed by atoms with Crippen molar-refractivity contribution in [2.24, 2.45) is 0 Å². The van der Waals surface area contributed by atoms with Crippen LogP contribution in [0.4, 0.5) is 0 Å². The van der Waals surface area contributed by atoms with E-state index in [2.05, 4.69) is 51.0 Å². The third-order valence-corrected chi connectivity index (χ3v) is 3.94. The summed E-state index contributed by atoms with van der Waals surface area (Å²) in [4.78, 5) is 17.5. The lowest BCUT2D eigenvalue weighted by Crippen LogP contribution is -2.04. The Balaban J connectivity index is 1.95. The average Bonchev–Trinajstić information content (AvgIpc) is 2.95. The summed E-state index contributed by atoms with van der Waals surface area (Å²) >= 11 is 7.40. The highest BCUT2D eigenvalue weighted by Crippen LogP contribution is 2.29. The van der Waals surface area contributed by atoms with Gasteiger partial charge in [0.05, 0.1) is 0 Å². The van der Waals surface area contributed by atoms with Gasteiger partial charge in [0.1, 0.15) is 12.7 Å². The Morgan fingerprint density at radius 2 is 2.00 bits per heavy atom. The number of benzene rings is 1. The van der Waals surface area contributed by atoms with Gasteiger partial charge in [0.25, 0.3) is 5.95 Å². The first-order valence-corrected chi connectivity index (χ1v) is 7.33. The highest BCUT2D eigenvalue weighted by molar-refractivity contribution is 7.99. The van der Waals surface area contributed by atoms with Crippen LogP contribution in [0, 0.1) is 13.8 Å². The number of rotatable bonds is 3. The van der Waals surface area contributed by atoms with E-state index in [1.165, 1.54) is 40.2 Å². The Bertz CT molecular complexity index is 774. The molecule has 0 atom stereocenters. The van der Waals surface area contributed by atoms with Crippen LogP contribution in [-0.2, 0) is 0 Å². The van der Waals surface area contributed by atoms with Crippen molar-refractivity contribution >= 4 is 23.4 Å². The van der Waals surface area contributed by atoms with Crippen LogP contribution in [0.15, 0.2) is 40.9 Å². The molecule has 0 aliphatic carbocycles. The highest BCUT2D eigenvalue weighted by atomic mass is 35.5. The first kappa shape index (κ1) is 14.0. The number of aromatic nitrogens is 6. The van der Waals surface area contributed by atoms with Crippen LogP contribution in [0.3, 0.4) is 0 Å². The summed E-state index contributed by atoms with van der Waals surface area (Å²) in [7, 11) is 0. The lowest BCUT2D eigenvalue weighted by molar-refractivity contribution is 0.757. The van der Waals surface area contributed by atoms with Gasteiger partial charge in [-0.2, -0.15) is 24.7 Å². The number of hydrogen-bond donors (Lipinski definition) is 0. The van der Waals surface area contributed by atoms with Gasteiger partial charge in [-0.1, -0.05) is 17.7 Å². The normalized spacial score (nSPS) is 10.8. The first-order valence-electron chi connectivity index (χ1n) is 6.13. The summed E-state index contributed by atoms with van der Waals surface area (Å²) in [6.45, 7) is 4.11. The van der Waals surface area contributed by atoms with E-state index in [9.17, 15) is 0 Å². The number of nitrogens with zero attached hydrogens (tertiary/aromatic N) is 6. The summed E-state index contributed by atoms with van der Waals surface area (Å²) in [5.74, 6) is 0.347. The van der Waals surface area contributed by atoms with E-state index in [1.54, 1.807) is 0 Å². The predicted octanol–water partition coefficient (Wildman–Crippen LogP) is 2.87. The smallest absolute Gasteiger partial charge is 0.223 e. The third-order valence-electron chi connectivity index (χ3n) is 2.73. The number of halogens is 1. The van der Waals surface area contributed by atoms with Crippen molar-refractivity contribution in [2.45, 2.75) is 23.9 Å². The lowest BCUT2D eigenvalue weighted by atomic mass is 10.2. The first-order chi connectivity index (χ1) is 10.1. The molecular formula is C13H11ClN6S. The number of hydrogen-bond acceptors (Lipinski definition) is 6. The standard InChI is InChI=1S/C13H11ClN6S/c1-8-3-4-10(9(2)5-8)21-13-18-11(14)17-12(19-13)20-7-15-6-16-20/h3-7H,1-2H3. The maximum atomic E-state index is 5.96. The summed E-state index contributed by atoms with van der Waals surface area (Å²) in [6, 6.07) is 6.21. The van der Waals surface area contributed by atoms with Gasteiger partial charge < -0.3 is 0 Å². The summed E-state index contributed by atoms with van der Waals surface area (Å²) in [5.41, 5.74) is 2.38. The molecule has 8 heteroatoms. The van der Waals surface area contributed by atoms with Crippen LogP contribution < -0.4 is 0 Å². The quantitative estimate of drug-likeness (QED) is 0.739. The summed E-state index contributed by atoms with van der Waals surface area (Å²) in [6.07, 6.45) is 2.92. The molecule has 21 heavy (non-hydrogen) atoms. The SMILES string of the molecule is Cc1ccc(Sc2nc(Cl)nc(-n3cncn3)n2)c(C)c1. The molecule has 0 radical (unpaired) electrons. The molecule has 0 N–H and O–H groups in total. The Morgan fingerprint density at radius 3 is 2.71 bits per heavy atom. The van der Waals surface area contributed by atoms with E-state index in [0.29, 0.717) is 11.1 Å². The van der Waals surface area contributed by atoms with Gasteiger partial charge in [-0.25, -0.2) is 4.98 Å². The molecule has 2 aromatic heterocycles. The van der Waals surface area contributed by atoms with Gasteiger partial charge in [0.15, 0.2) is 5.16 Å². The monoisotopic (exact) mass is 318 g/mol. The molecule has 1 aromatic carbocycles. The molecule has 0 aliphatic heterocycles. The molecule has 3 aromatic rings. The zero-order valence-corrected chi connectivity index (χ0v) is 12.9. The molecule has 0 saturated carbocycles. The van der Waals surface area contributed by atoms with Gasteiger partial charge >= 0.3 is 0 Å². The molecule has 3 rings (SSSR count). The fourth-order valence-corrected chi connectivity index (χ4v) is 2.81. The molecule has 0 spiro atoms. The minimum atomic E-state index is 0.128. The fraction of sp³-hybridized carbons (Fsp3) is 0.154. The van der Waals surface area contributed by atoms with E-state index in [-0.39, 0.29) is 5.28 Å². The molecule has 0 fully saturated rings. The van der Waals surface area contributed by atoms with Crippen molar-refractivity contribution in [2.75, 3.05) is 0 Å². The molecule has 2 heterocycles. The second kappa shape index (κ2) is 5.79. The Kier molecular flexibility index (Phi) is 3.85.